The summed E-state index contributed by atoms with van der Waals surface area (Å²) in [7, 11) is 2.87. The van der Waals surface area contributed by atoms with E-state index in [-0.39, 0.29) is 62.3 Å². The van der Waals surface area contributed by atoms with Gasteiger partial charge in [-0.2, -0.15) is 0 Å². The number of hydrogen-bond acceptors (Lipinski definition) is 0. The number of halogens is 2. The van der Waals surface area contributed by atoms with Crippen LogP contribution in [0.4, 0.5) is 0 Å². The Balaban J connectivity index is -0.0000000450. The average Bonchev–Trinajstić information content (AvgIpc) is 1.86. The van der Waals surface area contributed by atoms with Gasteiger partial charge in [0.1, 0.15) is 0 Å². The Morgan fingerprint density at radius 2 is 1.30 bits per heavy atom. The molecule has 70 valence electrons. The first-order valence-electron chi connectivity index (χ1n) is 2.65. The summed E-state index contributed by atoms with van der Waals surface area (Å²) in [5.41, 5.74) is 0.963. The summed E-state index contributed by atoms with van der Waals surface area (Å²) < 4.78 is 0. The molecule has 0 aromatic rings. The van der Waals surface area contributed by atoms with Crippen LogP contribution >= 0.6 is 34.1 Å². The van der Waals surface area contributed by atoms with Crippen LogP contribution in [0.2, 0.25) is 0 Å². The largest absolute Gasteiger partial charge is 0.147 e. The van der Waals surface area contributed by atoms with Crippen molar-refractivity contribution in [3.63, 3.8) is 0 Å². The van der Waals surface area contributed by atoms with Crippen molar-refractivity contribution >= 4 is 34.1 Å². The normalized spacial score (nSPS) is 15.3. The minimum Gasteiger partial charge on any atom is -0.147 e. The average molecular weight is 337 g/mol. The van der Waals surface area contributed by atoms with Gasteiger partial charge in [0.2, 0.25) is 0 Å². The third kappa shape index (κ3) is 10.2. The Bertz CT molecular complexity index is 52.9. The van der Waals surface area contributed by atoms with E-state index in [0.717, 1.165) is 5.66 Å². The van der Waals surface area contributed by atoms with Crippen LogP contribution in [0.25, 0.3) is 0 Å². The van der Waals surface area contributed by atoms with Gasteiger partial charge in [-0.1, -0.05) is 12.8 Å². The second kappa shape index (κ2) is 13.8. The van der Waals surface area contributed by atoms with Gasteiger partial charge in [0.15, 0.2) is 0 Å². The molecule has 1 atom stereocenters. The predicted octanol–water partition coefficient (Wildman–Crippen LogP) is 2.64. The van der Waals surface area contributed by atoms with Gasteiger partial charge in [0.25, 0.3) is 0 Å². The van der Waals surface area contributed by atoms with Crippen molar-refractivity contribution < 1.29 is 37.5 Å². The van der Waals surface area contributed by atoms with Crippen LogP contribution in [0.5, 0.6) is 0 Å². The zero-order chi connectivity index (χ0) is 4.41. The van der Waals surface area contributed by atoms with Crippen molar-refractivity contribution in [3.05, 3.63) is 0 Å². The van der Waals surface area contributed by atoms with E-state index in [0.29, 0.717) is 0 Å². The van der Waals surface area contributed by atoms with Gasteiger partial charge in [-0.3, -0.25) is 0 Å². The Hall–Kier alpha value is 2.19. The Morgan fingerprint density at radius 3 is 1.40 bits per heavy atom. The van der Waals surface area contributed by atoms with Crippen LogP contribution < -0.4 is 0 Å². The van der Waals surface area contributed by atoms with Crippen molar-refractivity contribution in [3.8, 4) is 0 Å². The topological polar surface area (TPSA) is 0 Å². The van der Waals surface area contributed by atoms with Crippen LogP contribution in [0.3, 0.4) is 0 Å². The first kappa shape index (κ1) is 22.8. The summed E-state index contributed by atoms with van der Waals surface area (Å²) >= 11 is 0. The molecule has 0 nitrogen and oxygen atoms in total. The Kier molecular flexibility index (Phi) is 31.3. The van der Waals surface area contributed by atoms with Gasteiger partial charge in [0.05, 0.1) is 0 Å². The third-order valence-electron chi connectivity index (χ3n) is 1.40. The summed E-state index contributed by atoms with van der Waals surface area (Å²) in [5, 5.41) is 0. The molecule has 1 aliphatic carbocycles. The van der Waals surface area contributed by atoms with Gasteiger partial charge in [0, 0.05) is 37.5 Å². The van der Waals surface area contributed by atoms with Crippen molar-refractivity contribution in [2.45, 2.75) is 31.3 Å². The predicted molar refractivity (Wildman–Crippen MR) is 46.5 cm³/mol. The summed E-state index contributed by atoms with van der Waals surface area (Å²) in [6.45, 7) is 0. The number of hydrogen-bond donors (Lipinski definition) is 0. The van der Waals surface area contributed by atoms with Crippen molar-refractivity contribution in [2.75, 3.05) is 0 Å². The molecule has 1 rings (SSSR count). The fourth-order valence-electron chi connectivity index (χ4n) is 0.957. The smallest absolute Gasteiger partial charge is 0 e. The monoisotopic (exact) mass is 336 g/mol. The van der Waals surface area contributed by atoms with Crippen LogP contribution in [-0.4, -0.2) is 5.66 Å². The van der Waals surface area contributed by atoms with Gasteiger partial charge in [-0.25, -0.2) is 0 Å². The maximum absolute atomic E-state index is 2.87. The first-order valence-corrected chi connectivity index (χ1v) is 3.32. The van der Waals surface area contributed by atoms with E-state index in [1.165, 1.54) is 25.7 Å². The molecule has 0 spiro atoms. The second-order valence-corrected chi connectivity index (χ2v) is 2.99. The van der Waals surface area contributed by atoms with Crippen molar-refractivity contribution in [2.24, 2.45) is 0 Å². The molecule has 5 heteroatoms. The molecular weight excluding hydrogens is 324 g/mol. The van der Waals surface area contributed by atoms with Gasteiger partial charge in [-0.15, -0.1) is 34.1 Å². The Morgan fingerprint density at radius 1 is 1.00 bits per heavy atom. The third-order valence-corrected chi connectivity index (χ3v) is 2.07. The minimum atomic E-state index is 0. The molecule has 0 heterocycles. The maximum atomic E-state index is 2.87. The molecule has 0 aromatic heterocycles. The molecule has 0 amide bonds. The maximum Gasteiger partial charge on any atom is 0 e. The molecule has 1 unspecified atom stereocenters. The van der Waals surface area contributed by atoms with E-state index in [9.17, 15) is 0 Å². The van der Waals surface area contributed by atoms with Gasteiger partial charge in [-0.05, 0) is 18.5 Å². The SMILES string of the molecule is Cl.Cl.PC1CCCC1.[Fe].[Pd]. The summed E-state index contributed by atoms with van der Waals surface area (Å²) in [6, 6.07) is 0. The first-order chi connectivity index (χ1) is 2.89. The minimum absolute atomic E-state index is 0. The molecule has 1 saturated carbocycles. The molecule has 0 aliphatic heterocycles. The van der Waals surface area contributed by atoms with Gasteiger partial charge >= 0.3 is 0 Å². The quantitative estimate of drug-likeness (QED) is 0.471. The van der Waals surface area contributed by atoms with Crippen LogP contribution in [-0.2, 0) is 37.5 Å². The van der Waals surface area contributed by atoms with E-state index in [1.54, 1.807) is 0 Å². The van der Waals surface area contributed by atoms with E-state index in [1.807, 2.05) is 0 Å². The molecule has 0 N–H and O–H groups in total. The molecular formula is C5H13Cl2FePPd. The van der Waals surface area contributed by atoms with E-state index in [2.05, 4.69) is 9.24 Å². The van der Waals surface area contributed by atoms with E-state index in [4.69, 9.17) is 0 Å². The molecule has 0 saturated heterocycles. The van der Waals surface area contributed by atoms with Crippen molar-refractivity contribution in [1.29, 1.82) is 0 Å². The summed E-state index contributed by atoms with van der Waals surface area (Å²) in [5.74, 6) is 0. The zero-order valence-electron chi connectivity index (χ0n) is 5.47. The van der Waals surface area contributed by atoms with E-state index >= 15 is 0 Å². The van der Waals surface area contributed by atoms with Crippen LogP contribution in [0.1, 0.15) is 25.7 Å². The van der Waals surface area contributed by atoms with Crippen LogP contribution in [0, 0.1) is 0 Å². The van der Waals surface area contributed by atoms with E-state index < -0.39 is 0 Å². The zero-order valence-corrected chi connectivity index (χ0v) is 10.9. The van der Waals surface area contributed by atoms with Crippen LogP contribution in [0.15, 0.2) is 0 Å². The van der Waals surface area contributed by atoms with Crippen molar-refractivity contribution in [1.82, 2.24) is 0 Å². The standard InChI is InChI=1S/C5H11P.2ClH.Fe.Pd/c6-5-3-1-2-4-5;;;;/h5H,1-4,6H2;2*1H;;. The molecule has 0 bridgehead atoms. The Labute approximate surface area is 102 Å². The summed E-state index contributed by atoms with van der Waals surface area (Å²) in [6.07, 6.45) is 5.83. The second-order valence-electron chi connectivity index (χ2n) is 2.04. The molecule has 0 aromatic carbocycles. The molecule has 1 aliphatic rings. The fraction of sp³-hybridized carbons (Fsp3) is 1.00. The molecule has 10 heavy (non-hydrogen) atoms. The molecule has 0 radical (unpaired) electrons. The van der Waals surface area contributed by atoms with Gasteiger partial charge < -0.3 is 0 Å². The number of rotatable bonds is 0. The summed E-state index contributed by atoms with van der Waals surface area (Å²) in [4.78, 5) is 0. The molecule has 1 fully saturated rings. The fourth-order valence-corrected chi connectivity index (χ4v) is 1.43.